The quantitative estimate of drug-likeness (QED) is 0.554. The van der Waals surface area contributed by atoms with Crippen LogP contribution in [0.4, 0.5) is 11.7 Å². The minimum atomic E-state index is -0.593. The van der Waals surface area contributed by atoms with E-state index in [1.54, 1.807) is 6.20 Å². The molecule has 3 aromatic heterocycles. The number of aromatic nitrogens is 4. The molecule has 0 atom stereocenters. The molecule has 3 aromatic rings. The highest BCUT2D eigenvalue weighted by Gasteiger charge is 2.21. The van der Waals surface area contributed by atoms with Gasteiger partial charge < -0.3 is 14.6 Å². The number of nitrogens with one attached hydrogen (secondary N) is 1. The maximum atomic E-state index is 10.8. The first-order chi connectivity index (χ1) is 11.7. The minimum Gasteiger partial charge on any atom is -0.397 e. The van der Waals surface area contributed by atoms with E-state index in [-0.39, 0.29) is 17.5 Å². The molecule has 1 fully saturated rings. The third-order valence-corrected chi connectivity index (χ3v) is 3.76. The number of hydrogen-bond acceptors (Lipinski definition) is 9. The van der Waals surface area contributed by atoms with Crippen molar-refractivity contribution in [1.29, 1.82) is 0 Å². The molecule has 4 heterocycles. The Kier molecular flexibility index (Phi) is 3.50. The van der Waals surface area contributed by atoms with Crippen molar-refractivity contribution in [2.75, 3.05) is 31.1 Å². The topological polar surface area (TPSA) is 123 Å². The van der Waals surface area contributed by atoms with E-state index in [1.807, 2.05) is 0 Å². The summed E-state index contributed by atoms with van der Waals surface area (Å²) in [6, 6.07) is 2.77. The highest BCUT2D eigenvalue weighted by Crippen LogP contribution is 2.28. The first-order valence-electron chi connectivity index (χ1n) is 7.40. The van der Waals surface area contributed by atoms with Crippen LogP contribution in [0.2, 0.25) is 0 Å². The number of piperazine rings is 1. The summed E-state index contributed by atoms with van der Waals surface area (Å²) < 4.78 is 5.22. The average molecular weight is 327 g/mol. The molecule has 0 aliphatic carbocycles. The van der Waals surface area contributed by atoms with Crippen LogP contribution in [0.3, 0.4) is 0 Å². The summed E-state index contributed by atoms with van der Waals surface area (Å²) >= 11 is 0. The van der Waals surface area contributed by atoms with Gasteiger partial charge >= 0.3 is 5.88 Å². The molecule has 10 heteroatoms. The van der Waals surface area contributed by atoms with Gasteiger partial charge in [-0.05, 0) is 6.07 Å². The Morgan fingerprint density at radius 2 is 2.08 bits per heavy atom. The summed E-state index contributed by atoms with van der Waals surface area (Å²) in [5.74, 6) is 0.859. The van der Waals surface area contributed by atoms with Crippen LogP contribution in [0.1, 0.15) is 0 Å². The number of nitro groups is 1. The molecule has 0 spiro atoms. The van der Waals surface area contributed by atoms with Gasteiger partial charge in [0.05, 0.1) is 11.5 Å². The number of rotatable bonds is 3. The van der Waals surface area contributed by atoms with Gasteiger partial charge in [0.2, 0.25) is 0 Å². The second-order valence-electron chi connectivity index (χ2n) is 5.26. The fraction of sp³-hybridized carbons (Fsp3) is 0.286. The largest absolute Gasteiger partial charge is 0.433 e. The van der Waals surface area contributed by atoms with Crippen LogP contribution in [0, 0.1) is 10.1 Å². The highest BCUT2D eigenvalue weighted by atomic mass is 16.6. The summed E-state index contributed by atoms with van der Waals surface area (Å²) in [6.07, 6.45) is 3.08. The van der Waals surface area contributed by atoms with Crippen LogP contribution in [0.15, 0.2) is 29.1 Å². The van der Waals surface area contributed by atoms with Gasteiger partial charge in [-0.2, -0.15) is 0 Å². The molecular formula is C14H13N7O3. The van der Waals surface area contributed by atoms with Crippen LogP contribution in [-0.4, -0.2) is 51.0 Å². The first kappa shape index (κ1) is 14.5. The van der Waals surface area contributed by atoms with E-state index in [0.717, 1.165) is 31.6 Å². The van der Waals surface area contributed by atoms with Gasteiger partial charge in [-0.1, -0.05) is 0 Å². The first-order valence-corrected chi connectivity index (χ1v) is 7.40. The van der Waals surface area contributed by atoms with Crippen LogP contribution in [-0.2, 0) is 0 Å². The van der Waals surface area contributed by atoms with Crippen LogP contribution < -0.4 is 10.2 Å². The van der Waals surface area contributed by atoms with E-state index in [1.165, 1.54) is 18.5 Å². The maximum absolute atomic E-state index is 10.8. The SMILES string of the molecule is O=[N+]([O-])c1ccc(-c2nc(N3CCNCC3)c3cncnc3n2)o1. The van der Waals surface area contributed by atoms with Gasteiger partial charge in [-0.3, -0.25) is 10.1 Å². The van der Waals surface area contributed by atoms with Gasteiger partial charge in [-0.25, -0.2) is 19.9 Å². The molecule has 0 saturated carbocycles. The number of hydrogen-bond donors (Lipinski definition) is 1. The number of furan rings is 1. The van der Waals surface area contributed by atoms with E-state index < -0.39 is 4.92 Å². The molecule has 4 rings (SSSR count). The Balaban J connectivity index is 1.85. The van der Waals surface area contributed by atoms with Crippen molar-refractivity contribution >= 4 is 22.7 Å². The lowest BCUT2D eigenvalue weighted by Crippen LogP contribution is -2.44. The van der Waals surface area contributed by atoms with Gasteiger partial charge in [0, 0.05) is 32.4 Å². The van der Waals surface area contributed by atoms with E-state index in [4.69, 9.17) is 4.42 Å². The summed E-state index contributed by atoms with van der Waals surface area (Å²) in [5, 5.41) is 14.8. The lowest BCUT2D eigenvalue weighted by molar-refractivity contribution is -0.401. The third-order valence-electron chi connectivity index (χ3n) is 3.76. The molecule has 24 heavy (non-hydrogen) atoms. The second kappa shape index (κ2) is 5.81. The fourth-order valence-corrected chi connectivity index (χ4v) is 2.63. The Bertz CT molecular complexity index is 904. The van der Waals surface area contributed by atoms with E-state index in [9.17, 15) is 10.1 Å². The predicted molar refractivity (Wildman–Crippen MR) is 84.6 cm³/mol. The molecule has 0 unspecified atom stereocenters. The summed E-state index contributed by atoms with van der Waals surface area (Å²) in [7, 11) is 0. The number of anilines is 1. The number of fused-ring (bicyclic) bond motifs is 1. The maximum Gasteiger partial charge on any atom is 0.433 e. The average Bonchev–Trinajstić information content (AvgIpc) is 3.12. The predicted octanol–water partition coefficient (Wildman–Crippen LogP) is 0.998. The standard InChI is InChI=1S/C14H13N7O3/c22-21(23)11-2-1-10(24-11)13-18-12-9(7-16-8-17-12)14(19-13)20-5-3-15-4-6-20/h1-2,7-8,15H,3-6H2. The molecule has 10 nitrogen and oxygen atoms in total. The van der Waals surface area contributed by atoms with Crippen molar-refractivity contribution in [3.63, 3.8) is 0 Å². The summed E-state index contributed by atoms with van der Waals surface area (Å²) in [4.78, 5) is 29.5. The Hall–Kier alpha value is -3.14. The molecule has 1 aliphatic heterocycles. The molecular weight excluding hydrogens is 314 g/mol. The molecule has 0 aromatic carbocycles. The molecule has 0 radical (unpaired) electrons. The zero-order valence-electron chi connectivity index (χ0n) is 12.5. The molecule has 0 amide bonds. The Labute approximate surface area is 135 Å². The normalized spacial score (nSPS) is 14.9. The molecule has 1 aliphatic rings. The molecule has 0 bridgehead atoms. The van der Waals surface area contributed by atoms with Gasteiger partial charge in [0.1, 0.15) is 17.1 Å². The van der Waals surface area contributed by atoms with Crippen LogP contribution in [0.5, 0.6) is 0 Å². The Morgan fingerprint density at radius 1 is 1.25 bits per heavy atom. The van der Waals surface area contributed by atoms with Gasteiger partial charge in [0.15, 0.2) is 17.2 Å². The lowest BCUT2D eigenvalue weighted by atomic mass is 10.3. The number of nitrogens with zero attached hydrogens (tertiary/aromatic N) is 6. The highest BCUT2D eigenvalue weighted by molar-refractivity contribution is 5.87. The monoisotopic (exact) mass is 327 g/mol. The zero-order valence-corrected chi connectivity index (χ0v) is 12.5. The van der Waals surface area contributed by atoms with E-state index in [0.29, 0.717) is 11.5 Å². The molecule has 1 N–H and O–H groups in total. The van der Waals surface area contributed by atoms with Crippen molar-refractivity contribution < 1.29 is 9.34 Å². The smallest absolute Gasteiger partial charge is 0.397 e. The molecule has 122 valence electrons. The van der Waals surface area contributed by atoms with Crippen molar-refractivity contribution in [3.8, 4) is 11.6 Å². The lowest BCUT2D eigenvalue weighted by Gasteiger charge is -2.29. The van der Waals surface area contributed by atoms with Crippen molar-refractivity contribution in [2.24, 2.45) is 0 Å². The van der Waals surface area contributed by atoms with Crippen molar-refractivity contribution in [3.05, 3.63) is 34.8 Å². The summed E-state index contributed by atoms with van der Waals surface area (Å²) in [5.41, 5.74) is 0.475. The second-order valence-corrected chi connectivity index (χ2v) is 5.26. The van der Waals surface area contributed by atoms with Crippen LogP contribution >= 0.6 is 0 Å². The van der Waals surface area contributed by atoms with E-state index >= 15 is 0 Å². The molecule has 1 saturated heterocycles. The minimum absolute atomic E-state index is 0.235. The van der Waals surface area contributed by atoms with E-state index in [2.05, 4.69) is 30.2 Å². The Morgan fingerprint density at radius 3 is 2.83 bits per heavy atom. The summed E-state index contributed by atoms with van der Waals surface area (Å²) in [6.45, 7) is 3.28. The third kappa shape index (κ3) is 2.52. The fourth-order valence-electron chi connectivity index (χ4n) is 2.63. The van der Waals surface area contributed by atoms with Gasteiger partial charge in [-0.15, -0.1) is 0 Å². The van der Waals surface area contributed by atoms with Crippen LogP contribution in [0.25, 0.3) is 22.6 Å². The van der Waals surface area contributed by atoms with Crippen molar-refractivity contribution in [1.82, 2.24) is 25.3 Å². The van der Waals surface area contributed by atoms with Gasteiger partial charge in [0.25, 0.3) is 0 Å². The van der Waals surface area contributed by atoms with Crippen molar-refractivity contribution in [2.45, 2.75) is 0 Å². The zero-order chi connectivity index (χ0) is 16.5.